The van der Waals surface area contributed by atoms with E-state index in [-0.39, 0.29) is 59.5 Å². The van der Waals surface area contributed by atoms with Crippen molar-refractivity contribution in [1.29, 1.82) is 0 Å². The van der Waals surface area contributed by atoms with Gasteiger partial charge in [-0.05, 0) is 57.6 Å². The maximum Gasteiger partial charge on any atom is 0.303 e. The Bertz CT molecular complexity index is 3070. The minimum Gasteiger partial charge on any atom is -0.457 e. The van der Waals surface area contributed by atoms with Crippen LogP contribution in [0.25, 0.3) is 0 Å². The summed E-state index contributed by atoms with van der Waals surface area (Å²) in [6.07, 6.45) is -22.2. The van der Waals surface area contributed by atoms with E-state index in [9.17, 15) is 4.79 Å². The summed E-state index contributed by atoms with van der Waals surface area (Å²) in [5.41, 5.74) is 3.52. The molecule has 7 aromatic carbocycles. The van der Waals surface area contributed by atoms with E-state index in [0.717, 1.165) is 39.6 Å². The molecule has 0 bridgehead atoms. The van der Waals surface area contributed by atoms with Crippen molar-refractivity contribution < 1.29 is 74.8 Å². The van der Waals surface area contributed by atoms with Crippen molar-refractivity contribution in [3.8, 4) is 0 Å². The van der Waals surface area contributed by atoms with E-state index in [1.165, 1.54) is 6.92 Å². The van der Waals surface area contributed by atoms with Crippen LogP contribution in [-0.4, -0.2) is 117 Å². The van der Waals surface area contributed by atoms with Gasteiger partial charge in [-0.3, -0.25) is 4.79 Å². The number of thioether (sulfide) groups is 1. The van der Waals surface area contributed by atoms with Crippen LogP contribution < -0.4 is 0 Å². The molecule has 0 saturated carbocycles. The van der Waals surface area contributed by atoms with E-state index in [1.54, 1.807) is 24.3 Å². The van der Waals surface area contributed by atoms with Gasteiger partial charge in [0.25, 0.3) is 0 Å². The second kappa shape index (κ2) is 32.3. The lowest BCUT2D eigenvalue weighted by molar-refractivity contribution is -0.368. The fourth-order valence-corrected chi connectivity index (χ4v) is 11.6. The van der Waals surface area contributed by atoms with Crippen molar-refractivity contribution >= 4 is 29.3 Å². The van der Waals surface area contributed by atoms with E-state index in [2.05, 4.69) is 0 Å². The first-order valence-electron chi connectivity index (χ1n) is 28.7. The summed E-state index contributed by atoms with van der Waals surface area (Å²) < 4.78 is 132. The molecule has 3 saturated heterocycles. The molecule has 0 radical (unpaired) electrons. The molecule has 0 amide bonds. The molecule has 13 nitrogen and oxygen atoms in total. The fourth-order valence-electron chi connectivity index (χ4n) is 10.4. The Kier molecular flexibility index (Phi) is 23.7. The largest absolute Gasteiger partial charge is 0.457 e. The monoisotopic (exact) mass is 1220 g/mol. The maximum absolute atomic E-state index is 18.5. The average molecular weight is 1220 g/mol. The highest BCUT2D eigenvalue weighted by atomic mass is 35.5. The van der Waals surface area contributed by atoms with E-state index in [0.29, 0.717) is 15.5 Å². The summed E-state index contributed by atoms with van der Waals surface area (Å²) in [5.74, 6) is -0.709. The fraction of sp³-hybridized carbons (Fsp3) is 0.368. The zero-order valence-corrected chi connectivity index (χ0v) is 49.0. The third kappa shape index (κ3) is 17.8. The van der Waals surface area contributed by atoms with Gasteiger partial charge in [0.05, 0.1) is 59.5 Å². The predicted molar refractivity (Wildman–Crippen MR) is 317 cm³/mol. The van der Waals surface area contributed by atoms with Gasteiger partial charge in [-0.2, -0.15) is 0 Å². The number of rotatable bonds is 28. The Balaban J connectivity index is 0.998. The van der Waals surface area contributed by atoms with Crippen LogP contribution in [0.5, 0.6) is 0 Å². The normalized spacial score (nSPS) is 27.5. The number of ether oxygens (including phenoxy) is 12. The van der Waals surface area contributed by atoms with Gasteiger partial charge >= 0.3 is 5.97 Å². The Morgan fingerprint density at radius 3 is 1.08 bits per heavy atom. The van der Waals surface area contributed by atoms with Crippen LogP contribution in [0.1, 0.15) is 40.3 Å². The van der Waals surface area contributed by atoms with Crippen LogP contribution in [0.3, 0.4) is 0 Å². The third-order valence-corrected chi connectivity index (χ3v) is 16.1. The quantitative estimate of drug-likeness (QED) is 0.0432. The second-order valence-corrected chi connectivity index (χ2v) is 22.7. The average Bonchev–Trinajstić information content (AvgIpc) is 1.73. The molecule has 18 heteroatoms. The molecule has 0 unspecified atom stereocenters. The molecular weight excluding hydrogens is 1150 g/mol. The third-order valence-electron chi connectivity index (χ3n) is 14.7. The van der Waals surface area contributed by atoms with Crippen LogP contribution in [-0.2, 0) is 101 Å². The molecule has 0 aromatic heterocycles. The first-order valence-corrected chi connectivity index (χ1v) is 30.0. The minimum atomic E-state index is -2.24. The summed E-state index contributed by atoms with van der Waals surface area (Å²) in [6.45, 7) is 0.713. The minimum absolute atomic E-state index is 0.0423. The van der Waals surface area contributed by atoms with Crippen LogP contribution in [0.2, 0.25) is 5.02 Å². The lowest BCUT2D eigenvalue weighted by Gasteiger charge is -2.49. The first kappa shape index (κ1) is 63.0. The zero-order chi connectivity index (χ0) is 59.5. The predicted octanol–water partition coefficient (Wildman–Crippen LogP) is 12.7. The molecule has 3 aliphatic heterocycles. The lowest BCUT2D eigenvalue weighted by atomic mass is 9.96. The van der Waals surface area contributed by atoms with Gasteiger partial charge in [0.1, 0.15) is 54.3 Å². The zero-order valence-electron chi connectivity index (χ0n) is 47.4. The Morgan fingerprint density at radius 2 is 0.721 bits per heavy atom. The molecule has 3 fully saturated rings. The van der Waals surface area contributed by atoms with E-state index in [4.69, 9.17) is 68.4 Å². The van der Waals surface area contributed by atoms with Crippen molar-refractivity contribution in [2.24, 2.45) is 0 Å². The smallest absolute Gasteiger partial charge is 0.303 e. The van der Waals surface area contributed by atoms with Crippen molar-refractivity contribution in [1.82, 2.24) is 0 Å². The molecule has 10 rings (SSSR count). The first-order chi connectivity index (χ1) is 42.1. The summed E-state index contributed by atoms with van der Waals surface area (Å²) in [4.78, 5) is 13.5. The molecule has 3 heterocycles. The van der Waals surface area contributed by atoms with Crippen LogP contribution in [0, 0.1) is 0 Å². The molecular formula is C68H70ClF3O13S. The van der Waals surface area contributed by atoms with Gasteiger partial charge in [0.15, 0.2) is 37.2 Å². The molecule has 3 aliphatic rings. The Hall–Kier alpha value is -6.00. The van der Waals surface area contributed by atoms with Crippen molar-refractivity contribution in [2.45, 2.75) is 143 Å². The summed E-state index contributed by atoms with van der Waals surface area (Å²) in [6, 6.07) is 62.7. The number of carbonyl (C=O) groups is 1. The van der Waals surface area contributed by atoms with Gasteiger partial charge in [-0.1, -0.05) is 205 Å². The second-order valence-electron chi connectivity index (χ2n) is 21.1. The summed E-state index contributed by atoms with van der Waals surface area (Å²) >= 11 is 7.40. The summed E-state index contributed by atoms with van der Waals surface area (Å²) in [5, 5.41) is 0.505. The summed E-state index contributed by atoms with van der Waals surface area (Å²) in [7, 11) is 0. The molecule has 0 spiro atoms. The molecule has 0 aliphatic carbocycles. The Morgan fingerprint density at radius 1 is 0.407 bits per heavy atom. The van der Waals surface area contributed by atoms with Gasteiger partial charge in [0.2, 0.25) is 0 Å². The maximum atomic E-state index is 18.5. The van der Waals surface area contributed by atoms with Crippen LogP contribution >= 0.6 is 23.4 Å². The number of halogens is 4. The topological polar surface area (TPSA) is 128 Å². The van der Waals surface area contributed by atoms with Crippen molar-refractivity contribution in [3.05, 3.63) is 245 Å². The van der Waals surface area contributed by atoms with Gasteiger partial charge < -0.3 is 56.8 Å². The van der Waals surface area contributed by atoms with Gasteiger partial charge in [-0.15, -0.1) is 0 Å². The van der Waals surface area contributed by atoms with Crippen LogP contribution in [0.15, 0.2) is 211 Å². The number of esters is 1. The number of hydrogen-bond acceptors (Lipinski definition) is 14. The number of alkyl halides is 3. The lowest BCUT2D eigenvalue weighted by Crippen LogP contribution is -2.66. The SMILES string of the molecule is CC(=O)O[C@H]1[C@H](OCc2ccccc2)[C@@H](F)[C@@H](O[C@H]2[C@H](OCc3ccccc3)[C@@H](F)[C@@H](O[C@H]3[C@H](OCc4ccccc4)[C@@H](F)[C@H](Sc4ccc(Cl)cc4)O[C@@H]3COCc3ccccc3)O[C@@H]2COCc2ccccc2)O[C@@H]1COCc1ccccc1. The van der Waals surface area contributed by atoms with Gasteiger partial charge in [-0.25, -0.2) is 13.2 Å². The van der Waals surface area contributed by atoms with Crippen molar-refractivity contribution in [3.63, 3.8) is 0 Å². The van der Waals surface area contributed by atoms with E-state index < -0.39 is 97.4 Å². The number of carbonyl (C=O) groups excluding carboxylic acids is 1. The molecule has 86 heavy (non-hydrogen) atoms. The van der Waals surface area contributed by atoms with Crippen molar-refractivity contribution in [2.75, 3.05) is 19.8 Å². The molecule has 15 atom stereocenters. The Labute approximate surface area is 509 Å². The standard InChI is InChI=1S/C68H70ClF3O13S/c1-45(73)80-60-54(42-74-36-46-20-8-2-9-21-46)81-66(57(70)63(60)77-39-49-26-14-5-15-27-49)84-61-55(43-75-37-47-22-10-3-11-23-47)82-67(58(71)64(61)78-40-50-28-16-6-17-29-50)85-62-56(44-76-38-48-24-12-4-13-25-48)83-68(86-53-34-32-52(69)33-35-53)59(72)65(62)79-41-51-30-18-7-19-31-51/h2-35,54-68H,36-44H2,1H3/t54-,55-,56-,57-,58-,59-,60-,61-,62-,63-,64-,65-,66-,67-,68+/m1/s1. The van der Waals surface area contributed by atoms with E-state index >= 15 is 13.2 Å². The molecule has 7 aromatic rings. The van der Waals surface area contributed by atoms with E-state index in [1.807, 2.05) is 182 Å². The highest BCUT2D eigenvalue weighted by molar-refractivity contribution is 7.99. The number of benzene rings is 7. The molecule has 0 N–H and O–H groups in total. The number of hydrogen-bond donors (Lipinski definition) is 0. The van der Waals surface area contributed by atoms with Gasteiger partial charge in [0, 0.05) is 16.8 Å². The highest BCUT2D eigenvalue weighted by Crippen LogP contribution is 2.41. The highest BCUT2D eigenvalue weighted by Gasteiger charge is 2.57. The molecule has 454 valence electrons. The van der Waals surface area contributed by atoms with Crippen LogP contribution in [0.4, 0.5) is 13.2 Å².